The van der Waals surface area contributed by atoms with Gasteiger partial charge in [-0.15, -0.1) is 0 Å². The first-order valence-electron chi connectivity index (χ1n) is 6.35. The fourth-order valence-electron chi connectivity index (χ4n) is 1.56. The van der Waals surface area contributed by atoms with E-state index in [9.17, 15) is 4.79 Å². The number of nitrogens with zero attached hydrogens (tertiary/aromatic N) is 2. The Morgan fingerprint density at radius 3 is 2.74 bits per heavy atom. The molecule has 5 nitrogen and oxygen atoms in total. The lowest BCUT2D eigenvalue weighted by Crippen LogP contribution is -2.30. The summed E-state index contributed by atoms with van der Waals surface area (Å²) in [7, 11) is 0. The number of amides is 1. The van der Waals surface area contributed by atoms with Crippen LogP contribution in [0, 0.1) is 5.92 Å². The molecule has 0 aliphatic rings. The van der Waals surface area contributed by atoms with Crippen LogP contribution in [0.25, 0.3) is 0 Å². The van der Waals surface area contributed by atoms with Gasteiger partial charge in [0.1, 0.15) is 5.82 Å². The van der Waals surface area contributed by atoms with Gasteiger partial charge in [0.15, 0.2) is 5.69 Å². The largest absolute Gasteiger partial charge is 0.396 e. The zero-order valence-corrected chi connectivity index (χ0v) is 12.8. The van der Waals surface area contributed by atoms with Crippen molar-refractivity contribution in [3.63, 3.8) is 0 Å². The third kappa shape index (κ3) is 4.70. The van der Waals surface area contributed by atoms with E-state index < -0.39 is 0 Å². The number of hydrogen-bond acceptors (Lipinski definition) is 5. The van der Waals surface area contributed by atoms with Crippen LogP contribution >= 0.6 is 11.8 Å². The van der Waals surface area contributed by atoms with E-state index in [4.69, 9.17) is 5.73 Å². The molecule has 0 aliphatic carbocycles. The monoisotopic (exact) mass is 282 g/mol. The molecule has 0 radical (unpaired) electrons. The first kappa shape index (κ1) is 15.8. The van der Waals surface area contributed by atoms with Gasteiger partial charge in [-0.3, -0.25) is 4.79 Å². The highest BCUT2D eigenvalue weighted by Crippen LogP contribution is 2.13. The van der Waals surface area contributed by atoms with Gasteiger partial charge in [-0.2, -0.15) is 11.8 Å². The number of carbonyl (C=O) groups is 1. The molecule has 1 unspecified atom stereocenters. The Kier molecular flexibility index (Phi) is 6.08. The van der Waals surface area contributed by atoms with Crippen molar-refractivity contribution in [1.82, 2.24) is 15.3 Å². The summed E-state index contributed by atoms with van der Waals surface area (Å²) in [5, 5.41) is 2.87. The predicted molar refractivity (Wildman–Crippen MR) is 80.4 cm³/mol. The van der Waals surface area contributed by atoms with Crippen molar-refractivity contribution >= 4 is 23.4 Å². The Morgan fingerprint density at radius 2 is 2.16 bits per heavy atom. The highest BCUT2D eigenvalue weighted by atomic mass is 32.2. The number of nitrogens with two attached hydrogens (primary N) is 1. The van der Waals surface area contributed by atoms with Crippen LogP contribution < -0.4 is 11.1 Å². The third-order valence-electron chi connectivity index (χ3n) is 2.63. The summed E-state index contributed by atoms with van der Waals surface area (Å²) < 4.78 is 0. The average Bonchev–Trinajstić information content (AvgIpc) is 2.36. The molecular weight excluding hydrogens is 260 g/mol. The summed E-state index contributed by atoms with van der Waals surface area (Å²) in [6.07, 6.45) is 3.55. The summed E-state index contributed by atoms with van der Waals surface area (Å²) in [6, 6.07) is 0. The second-order valence-electron chi connectivity index (χ2n) is 4.96. The van der Waals surface area contributed by atoms with Crippen LogP contribution in [0.5, 0.6) is 0 Å². The van der Waals surface area contributed by atoms with Crippen molar-refractivity contribution in [3.8, 4) is 0 Å². The van der Waals surface area contributed by atoms with E-state index in [0.717, 1.165) is 5.75 Å². The minimum Gasteiger partial charge on any atom is -0.396 e. The summed E-state index contributed by atoms with van der Waals surface area (Å²) in [5.41, 5.74) is 6.36. The molecule has 1 heterocycles. The van der Waals surface area contributed by atoms with E-state index in [-0.39, 0.29) is 17.5 Å². The smallest absolute Gasteiger partial charge is 0.272 e. The van der Waals surface area contributed by atoms with E-state index in [1.165, 1.54) is 6.20 Å². The first-order valence-corrected chi connectivity index (χ1v) is 7.74. The highest BCUT2D eigenvalue weighted by molar-refractivity contribution is 7.98. The zero-order valence-electron chi connectivity index (χ0n) is 11.9. The lowest BCUT2D eigenvalue weighted by molar-refractivity contribution is 0.0945. The molecule has 0 saturated carbocycles. The lowest BCUT2D eigenvalue weighted by atomic mass is 10.2. The van der Waals surface area contributed by atoms with Crippen molar-refractivity contribution in [2.24, 2.45) is 5.92 Å². The van der Waals surface area contributed by atoms with Gasteiger partial charge in [0.2, 0.25) is 0 Å². The van der Waals surface area contributed by atoms with Gasteiger partial charge in [0.25, 0.3) is 5.91 Å². The maximum atomic E-state index is 12.1. The van der Waals surface area contributed by atoms with Gasteiger partial charge < -0.3 is 11.1 Å². The van der Waals surface area contributed by atoms with Gasteiger partial charge in [-0.1, -0.05) is 20.8 Å². The molecule has 6 heteroatoms. The summed E-state index contributed by atoms with van der Waals surface area (Å²) in [6.45, 7) is 6.68. The van der Waals surface area contributed by atoms with Gasteiger partial charge in [-0.25, -0.2) is 9.97 Å². The molecule has 0 aromatic carbocycles. The molecule has 0 saturated heterocycles. The van der Waals surface area contributed by atoms with Gasteiger partial charge >= 0.3 is 0 Å². The van der Waals surface area contributed by atoms with E-state index in [0.29, 0.717) is 24.0 Å². The van der Waals surface area contributed by atoms with Crippen LogP contribution in [0.4, 0.5) is 5.69 Å². The Morgan fingerprint density at radius 1 is 1.47 bits per heavy atom. The molecule has 0 aliphatic heterocycles. The van der Waals surface area contributed by atoms with Crippen molar-refractivity contribution in [3.05, 3.63) is 17.7 Å². The molecule has 0 bridgehead atoms. The number of carbonyl (C=O) groups excluding carboxylic acids is 1. The van der Waals surface area contributed by atoms with E-state index in [2.05, 4.69) is 28.5 Å². The second kappa shape index (κ2) is 7.33. The van der Waals surface area contributed by atoms with Crippen molar-refractivity contribution in [2.75, 3.05) is 24.3 Å². The maximum Gasteiger partial charge on any atom is 0.272 e. The lowest BCUT2D eigenvalue weighted by Gasteiger charge is -2.12. The van der Waals surface area contributed by atoms with Gasteiger partial charge in [-0.05, 0) is 17.9 Å². The minimum absolute atomic E-state index is 0.169. The van der Waals surface area contributed by atoms with Crippen LogP contribution in [-0.2, 0) is 0 Å². The molecule has 19 heavy (non-hydrogen) atoms. The quantitative estimate of drug-likeness (QED) is 0.833. The normalized spacial score (nSPS) is 12.5. The maximum absolute atomic E-state index is 12.1. The topological polar surface area (TPSA) is 80.9 Å². The molecule has 106 valence electrons. The molecule has 1 atom stereocenters. The van der Waals surface area contributed by atoms with Crippen molar-refractivity contribution in [1.29, 1.82) is 0 Å². The SMILES string of the molecule is CSCC(C)CNC(=O)c1nc(C(C)C)ncc1N. The molecule has 1 aromatic heterocycles. The van der Waals surface area contributed by atoms with Crippen LogP contribution in [0.15, 0.2) is 6.20 Å². The number of nitrogen functional groups attached to an aromatic ring is 1. The van der Waals surface area contributed by atoms with E-state index in [1.54, 1.807) is 11.8 Å². The Hall–Kier alpha value is -1.30. The number of rotatable bonds is 6. The fourth-order valence-corrected chi connectivity index (χ4v) is 2.25. The van der Waals surface area contributed by atoms with E-state index >= 15 is 0 Å². The van der Waals surface area contributed by atoms with Crippen LogP contribution in [0.1, 0.15) is 43.0 Å². The summed E-state index contributed by atoms with van der Waals surface area (Å²) in [5.74, 6) is 2.01. The standard InChI is InChI=1S/C13H22N4OS/c1-8(2)12-15-6-10(14)11(17-12)13(18)16-5-9(3)7-19-4/h6,8-9H,5,7,14H2,1-4H3,(H,16,18). The van der Waals surface area contributed by atoms with Crippen LogP contribution in [0.2, 0.25) is 0 Å². The van der Waals surface area contributed by atoms with Crippen molar-refractivity contribution in [2.45, 2.75) is 26.7 Å². The van der Waals surface area contributed by atoms with Gasteiger partial charge in [0.05, 0.1) is 11.9 Å². The number of hydrogen-bond donors (Lipinski definition) is 2. The molecule has 1 amide bonds. The third-order valence-corrected chi connectivity index (χ3v) is 3.53. The minimum atomic E-state index is -0.227. The van der Waals surface area contributed by atoms with Crippen LogP contribution in [0.3, 0.4) is 0 Å². The summed E-state index contributed by atoms with van der Waals surface area (Å²) in [4.78, 5) is 20.4. The van der Waals surface area contributed by atoms with Gasteiger partial charge in [0, 0.05) is 12.5 Å². The second-order valence-corrected chi connectivity index (χ2v) is 5.87. The molecule has 1 rings (SSSR count). The molecular formula is C13H22N4OS. The zero-order chi connectivity index (χ0) is 14.4. The Bertz CT molecular complexity index is 437. The van der Waals surface area contributed by atoms with Crippen molar-refractivity contribution < 1.29 is 4.79 Å². The molecule has 1 aromatic rings. The predicted octanol–water partition coefficient (Wildman–Crippen LogP) is 1.91. The Labute approximate surface area is 118 Å². The number of anilines is 1. The van der Waals surface area contributed by atoms with E-state index in [1.807, 2.05) is 13.8 Å². The number of thioether (sulfide) groups is 1. The molecule has 0 fully saturated rings. The number of nitrogens with one attached hydrogen (secondary N) is 1. The summed E-state index contributed by atoms with van der Waals surface area (Å²) >= 11 is 1.77. The number of aromatic nitrogens is 2. The first-order chi connectivity index (χ1) is 8.95. The van der Waals surface area contributed by atoms with Crippen LogP contribution in [-0.4, -0.2) is 34.4 Å². The average molecular weight is 282 g/mol. The Balaban J connectivity index is 2.73. The highest BCUT2D eigenvalue weighted by Gasteiger charge is 2.15. The molecule has 3 N–H and O–H groups in total. The fraction of sp³-hybridized carbons (Fsp3) is 0.615. The molecule has 0 spiro atoms.